The number of aliphatic imine (C=N–C) groups is 1. The van der Waals surface area contributed by atoms with Gasteiger partial charge in [0, 0.05) is 31.3 Å². The van der Waals surface area contributed by atoms with E-state index in [9.17, 15) is 10.1 Å². The fraction of sp³-hybridized carbons (Fsp3) is 0.316. The van der Waals surface area contributed by atoms with Crippen LogP contribution in [0.1, 0.15) is 24.5 Å². The van der Waals surface area contributed by atoms with Gasteiger partial charge in [-0.3, -0.25) is 15.1 Å². The van der Waals surface area contributed by atoms with Crippen molar-refractivity contribution in [3.63, 3.8) is 0 Å². The Hall–Kier alpha value is -2.16. The van der Waals surface area contributed by atoms with Crippen molar-refractivity contribution in [2.45, 2.75) is 32.4 Å². The van der Waals surface area contributed by atoms with Crippen molar-refractivity contribution >= 4 is 35.6 Å². The molecule has 0 saturated heterocycles. The maximum atomic E-state index is 11.1. The number of rotatable bonds is 7. The summed E-state index contributed by atoms with van der Waals surface area (Å²) in [7, 11) is 1.69. The first-order valence-electron chi connectivity index (χ1n) is 8.33. The second-order valence-corrected chi connectivity index (χ2v) is 5.88. The van der Waals surface area contributed by atoms with Gasteiger partial charge < -0.3 is 10.6 Å². The van der Waals surface area contributed by atoms with E-state index in [-0.39, 0.29) is 40.6 Å². The van der Waals surface area contributed by atoms with Gasteiger partial charge in [0.25, 0.3) is 5.69 Å². The zero-order valence-corrected chi connectivity index (χ0v) is 17.3. The first-order chi connectivity index (χ1) is 12.1. The molecule has 2 rings (SSSR count). The highest BCUT2D eigenvalue weighted by molar-refractivity contribution is 14.0. The summed E-state index contributed by atoms with van der Waals surface area (Å²) < 4.78 is 0. The van der Waals surface area contributed by atoms with Crippen molar-refractivity contribution in [3.8, 4) is 0 Å². The van der Waals surface area contributed by atoms with Gasteiger partial charge in [-0.1, -0.05) is 48.5 Å². The van der Waals surface area contributed by atoms with Gasteiger partial charge in [0.05, 0.1) is 4.92 Å². The molecule has 0 saturated carbocycles. The molecule has 0 bridgehead atoms. The van der Waals surface area contributed by atoms with Crippen LogP contribution in [0.5, 0.6) is 0 Å². The zero-order chi connectivity index (χ0) is 18.1. The Labute approximate surface area is 171 Å². The predicted octanol–water partition coefficient (Wildman–Crippen LogP) is 3.90. The van der Waals surface area contributed by atoms with Gasteiger partial charge in [-0.25, -0.2) is 0 Å². The highest BCUT2D eigenvalue weighted by Crippen LogP contribution is 2.17. The molecule has 1 atom stereocenters. The zero-order valence-electron chi connectivity index (χ0n) is 15.0. The van der Waals surface area contributed by atoms with Crippen LogP contribution in [-0.2, 0) is 13.0 Å². The third kappa shape index (κ3) is 6.99. The van der Waals surface area contributed by atoms with E-state index < -0.39 is 0 Å². The minimum atomic E-state index is -0.365. The van der Waals surface area contributed by atoms with Gasteiger partial charge in [-0.2, -0.15) is 0 Å². The molecule has 6 nitrogen and oxygen atoms in total. The lowest BCUT2D eigenvalue weighted by Crippen LogP contribution is -2.42. The van der Waals surface area contributed by atoms with Crippen LogP contribution in [0, 0.1) is 10.1 Å². The molecule has 0 amide bonds. The summed E-state index contributed by atoms with van der Waals surface area (Å²) >= 11 is 0. The number of guanidine groups is 1. The molecule has 140 valence electrons. The number of halogens is 1. The number of hydrogen-bond acceptors (Lipinski definition) is 3. The first-order valence-corrected chi connectivity index (χ1v) is 8.33. The van der Waals surface area contributed by atoms with Crippen molar-refractivity contribution in [3.05, 3.63) is 75.8 Å². The Morgan fingerprint density at radius 2 is 1.81 bits per heavy atom. The van der Waals surface area contributed by atoms with Gasteiger partial charge in [0.15, 0.2) is 5.96 Å². The molecule has 0 aliphatic heterocycles. The molecule has 0 aliphatic rings. The standard InChI is InChI=1S/C19H24N4O2.HI/c1-15(12-13-16-8-4-3-5-9-16)22-19(20-2)21-14-17-10-6-7-11-18(17)23(24)25;/h3-11,15H,12-14H2,1-2H3,(H2,20,21,22);1H. The Morgan fingerprint density at radius 1 is 1.15 bits per heavy atom. The Balaban J connectivity index is 0.00000338. The van der Waals surface area contributed by atoms with Gasteiger partial charge in [-0.05, 0) is 25.3 Å². The summed E-state index contributed by atoms with van der Waals surface area (Å²) in [5.41, 5.74) is 2.05. The molecule has 0 radical (unpaired) electrons. The summed E-state index contributed by atoms with van der Waals surface area (Å²) in [6.07, 6.45) is 1.95. The Morgan fingerprint density at radius 3 is 2.46 bits per heavy atom. The van der Waals surface area contributed by atoms with E-state index in [1.165, 1.54) is 11.6 Å². The topological polar surface area (TPSA) is 79.6 Å². The van der Waals surface area contributed by atoms with Gasteiger partial charge in [0.2, 0.25) is 0 Å². The molecule has 1 unspecified atom stereocenters. The Kier molecular flexibility index (Phi) is 9.64. The molecule has 0 fully saturated rings. The highest BCUT2D eigenvalue weighted by Gasteiger charge is 2.13. The number of hydrogen-bond donors (Lipinski definition) is 2. The molecular weight excluding hydrogens is 443 g/mol. The molecule has 26 heavy (non-hydrogen) atoms. The van der Waals surface area contributed by atoms with E-state index in [1.54, 1.807) is 25.2 Å². The van der Waals surface area contributed by atoms with Crippen LogP contribution >= 0.6 is 24.0 Å². The summed E-state index contributed by atoms with van der Waals surface area (Å²) in [6, 6.07) is 17.3. The van der Waals surface area contributed by atoms with E-state index in [4.69, 9.17) is 0 Å². The van der Waals surface area contributed by atoms with Crippen molar-refractivity contribution in [1.82, 2.24) is 10.6 Å². The smallest absolute Gasteiger partial charge is 0.274 e. The molecule has 0 heterocycles. The normalized spacial score (nSPS) is 12.0. The van der Waals surface area contributed by atoms with Gasteiger partial charge in [0.1, 0.15) is 0 Å². The van der Waals surface area contributed by atoms with E-state index in [0.717, 1.165) is 12.8 Å². The number of nitro groups is 1. The molecular formula is C19H25IN4O2. The SMILES string of the molecule is CN=C(NCc1ccccc1[N+](=O)[O-])NC(C)CCc1ccccc1.I. The fourth-order valence-corrected chi connectivity index (χ4v) is 2.55. The van der Waals surface area contributed by atoms with E-state index in [0.29, 0.717) is 18.1 Å². The lowest BCUT2D eigenvalue weighted by Gasteiger charge is -2.18. The van der Waals surface area contributed by atoms with E-state index in [1.807, 2.05) is 18.2 Å². The minimum absolute atomic E-state index is 0. The van der Waals surface area contributed by atoms with Crippen LogP contribution < -0.4 is 10.6 Å². The quantitative estimate of drug-likeness (QED) is 0.213. The minimum Gasteiger partial charge on any atom is -0.354 e. The second-order valence-electron chi connectivity index (χ2n) is 5.88. The van der Waals surface area contributed by atoms with Gasteiger partial charge >= 0.3 is 0 Å². The third-order valence-corrected chi connectivity index (χ3v) is 3.95. The molecule has 2 aromatic rings. The Bertz CT molecular complexity index is 722. The monoisotopic (exact) mass is 468 g/mol. The van der Waals surface area contributed by atoms with Crippen LogP contribution in [0.15, 0.2) is 59.6 Å². The average Bonchev–Trinajstić information content (AvgIpc) is 2.64. The van der Waals surface area contributed by atoms with Crippen LogP contribution in [0.2, 0.25) is 0 Å². The van der Waals surface area contributed by atoms with Crippen molar-refractivity contribution < 1.29 is 4.92 Å². The second kappa shape index (κ2) is 11.5. The third-order valence-electron chi connectivity index (χ3n) is 3.95. The molecule has 2 N–H and O–H groups in total. The highest BCUT2D eigenvalue weighted by atomic mass is 127. The van der Waals surface area contributed by atoms with Crippen LogP contribution in [0.4, 0.5) is 5.69 Å². The lowest BCUT2D eigenvalue weighted by atomic mass is 10.1. The fourth-order valence-electron chi connectivity index (χ4n) is 2.55. The first kappa shape index (κ1) is 21.9. The maximum Gasteiger partial charge on any atom is 0.274 e. The summed E-state index contributed by atoms with van der Waals surface area (Å²) in [6.45, 7) is 2.45. The molecule has 7 heteroatoms. The molecule has 0 aromatic heterocycles. The predicted molar refractivity (Wildman–Crippen MR) is 116 cm³/mol. The summed E-state index contributed by atoms with van der Waals surface area (Å²) in [4.78, 5) is 14.9. The summed E-state index contributed by atoms with van der Waals surface area (Å²) in [5, 5.41) is 17.5. The van der Waals surface area contributed by atoms with E-state index >= 15 is 0 Å². The summed E-state index contributed by atoms with van der Waals surface area (Å²) in [5.74, 6) is 0.638. The number of nitro benzene ring substituents is 1. The average molecular weight is 468 g/mol. The van der Waals surface area contributed by atoms with Crippen LogP contribution in [0.3, 0.4) is 0 Å². The van der Waals surface area contributed by atoms with Gasteiger partial charge in [-0.15, -0.1) is 24.0 Å². The molecule has 0 spiro atoms. The van der Waals surface area contributed by atoms with E-state index in [2.05, 4.69) is 34.7 Å². The van der Waals surface area contributed by atoms with Crippen molar-refractivity contribution in [1.29, 1.82) is 0 Å². The number of para-hydroxylation sites is 1. The number of aryl methyl sites for hydroxylation is 1. The molecule has 2 aromatic carbocycles. The number of nitrogens with one attached hydrogen (secondary N) is 2. The largest absolute Gasteiger partial charge is 0.354 e. The van der Waals surface area contributed by atoms with Crippen LogP contribution in [-0.4, -0.2) is 24.0 Å². The van der Waals surface area contributed by atoms with Crippen molar-refractivity contribution in [2.75, 3.05) is 7.05 Å². The maximum absolute atomic E-state index is 11.1. The number of nitrogens with zero attached hydrogens (tertiary/aromatic N) is 2. The number of benzene rings is 2. The molecule has 0 aliphatic carbocycles. The van der Waals surface area contributed by atoms with Crippen molar-refractivity contribution in [2.24, 2.45) is 4.99 Å². The lowest BCUT2D eigenvalue weighted by molar-refractivity contribution is -0.385. The van der Waals surface area contributed by atoms with Crippen LogP contribution in [0.25, 0.3) is 0 Å².